The maximum Gasteiger partial charge on any atom is 0.192 e. The zero-order valence-electron chi connectivity index (χ0n) is 13.9. The number of nitrogens with zero attached hydrogens (tertiary/aromatic N) is 2. The number of benzene rings is 1. The normalized spacial score (nSPS) is 12.6. The molecule has 0 aliphatic heterocycles. The number of rotatable bonds is 4. The van der Waals surface area contributed by atoms with Crippen molar-refractivity contribution in [1.29, 1.82) is 0 Å². The first-order chi connectivity index (χ1) is 10.2. The predicted molar refractivity (Wildman–Crippen MR) is 99.0 cm³/mol. The molecule has 0 bridgehead atoms. The number of hydrogen-bond donors (Lipinski definition) is 0. The third-order valence-electron chi connectivity index (χ3n) is 4.55. The van der Waals surface area contributed by atoms with E-state index in [1.54, 1.807) is 0 Å². The summed E-state index contributed by atoms with van der Waals surface area (Å²) in [6.07, 6.45) is 2.08. The van der Waals surface area contributed by atoms with Crippen LogP contribution in [0.3, 0.4) is 0 Å². The standard InChI is InChI=1S/C17H23BrN2OSi/c1-17(2,3)22(5,6)21-10-9-20-12-15(18)14-11-13(19-4)7-8-16(14)20/h7-8,11-12H,9-10H2,1-3,5-6H3. The van der Waals surface area contributed by atoms with Crippen LogP contribution in [0.25, 0.3) is 15.7 Å². The van der Waals surface area contributed by atoms with Gasteiger partial charge in [-0.1, -0.05) is 26.8 Å². The highest BCUT2D eigenvalue weighted by Crippen LogP contribution is 2.36. The fourth-order valence-corrected chi connectivity index (χ4v) is 3.71. The van der Waals surface area contributed by atoms with Gasteiger partial charge in [-0.15, -0.1) is 0 Å². The molecule has 0 aliphatic rings. The number of hydrogen-bond acceptors (Lipinski definition) is 1. The van der Waals surface area contributed by atoms with Crippen molar-refractivity contribution < 1.29 is 4.43 Å². The molecule has 0 unspecified atom stereocenters. The van der Waals surface area contributed by atoms with Gasteiger partial charge in [0, 0.05) is 28.1 Å². The van der Waals surface area contributed by atoms with Crippen molar-refractivity contribution in [3.8, 4) is 0 Å². The van der Waals surface area contributed by atoms with E-state index in [2.05, 4.69) is 65.4 Å². The summed E-state index contributed by atoms with van der Waals surface area (Å²) in [4.78, 5) is 3.49. The molecule has 2 rings (SSSR count). The van der Waals surface area contributed by atoms with Crippen molar-refractivity contribution in [2.75, 3.05) is 6.61 Å². The van der Waals surface area contributed by atoms with Gasteiger partial charge in [-0.25, -0.2) is 4.85 Å². The summed E-state index contributed by atoms with van der Waals surface area (Å²) in [5, 5.41) is 1.32. The Hall–Kier alpha value is -1.09. The van der Waals surface area contributed by atoms with E-state index in [0.29, 0.717) is 5.69 Å². The summed E-state index contributed by atoms with van der Waals surface area (Å²) in [5.41, 5.74) is 1.81. The molecule has 0 fully saturated rings. The van der Waals surface area contributed by atoms with Crippen LogP contribution in [0.1, 0.15) is 20.8 Å². The molecule has 0 amide bonds. The van der Waals surface area contributed by atoms with Crippen molar-refractivity contribution in [2.24, 2.45) is 0 Å². The summed E-state index contributed by atoms with van der Waals surface area (Å²) in [6, 6.07) is 5.81. The minimum Gasteiger partial charge on any atom is -0.415 e. The third-order valence-corrected chi connectivity index (χ3v) is 9.72. The van der Waals surface area contributed by atoms with Gasteiger partial charge < -0.3 is 8.99 Å². The minimum absolute atomic E-state index is 0.233. The first-order valence-corrected chi connectivity index (χ1v) is 11.2. The monoisotopic (exact) mass is 378 g/mol. The van der Waals surface area contributed by atoms with Gasteiger partial charge in [-0.3, -0.25) is 0 Å². The summed E-state index contributed by atoms with van der Waals surface area (Å²) < 4.78 is 9.48. The van der Waals surface area contributed by atoms with E-state index in [1.165, 1.54) is 0 Å². The molecule has 1 aromatic carbocycles. The Balaban J connectivity index is 2.15. The summed E-state index contributed by atoms with van der Waals surface area (Å²) >= 11 is 3.59. The van der Waals surface area contributed by atoms with E-state index in [-0.39, 0.29) is 5.04 Å². The highest BCUT2D eigenvalue weighted by Gasteiger charge is 2.36. The number of aromatic nitrogens is 1. The highest BCUT2D eigenvalue weighted by atomic mass is 79.9. The molecule has 0 N–H and O–H groups in total. The van der Waals surface area contributed by atoms with Gasteiger partial charge in [0.15, 0.2) is 14.0 Å². The molecule has 1 heterocycles. The molecule has 1 aromatic heterocycles. The van der Waals surface area contributed by atoms with Crippen molar-refractivity contribution in [3.63, 3.8) is 0 Å². The Morgan fingerprint density at radius 3 is 2.59 bits per heavy atom. The van der Waals surface area contributed by atoms with Gasteiger partial charge in [0.1, 0.15) is 0 Å². The van der Waals surface area contributed by atoms with Gasteiger partial charge in [-0.2, -0.15) is 0 Å². The first-order valence-electron chi connectivity index (χ1n) is 7.45. The van der Waals surface area contributed by atoms with Crippen LogP contribution >= 0.6 is 15.9 Å². The SMILES string of the molecule is [C-]#[N+]c1ccc2c(c1)c(Br)cn2CCO[Si](C)(C)C(C)(C)C. The Labute approximate surface area is 142 Å². The lowest BCUT2D eigenvalue weighted by Crippen LogP contribution is -2.41. The van der Waals surface area contributed by atoms with Crippen molar-refractivity contribution >= 4 is 40.8 Å². The van der Waals surface area contributed by atoms with Crippen LogP contribution < -0.4 is 0 Å². The molecule has 0 atom stereocenters. The van der Waals surface area contributed by atoms with E-state index in [1.807, 2.05) is 18.2 Å². The lowest BCUT2D eigenvalue weighted by Gasteiger charge is -2.36. The fourth-order valence-electron chi connectivity index (χ4n) is 2.11. The molecule has 0 aliphatic carbocycles. The largest absolute Gasteiger partial charge is 0.415 e. The van der Waals surface area contributed by atoms with Gasteiger partial charge in [-0.05, 0) is 46.2 Å². The predicted octanol–water partition coefficient (Wildman–Crippen LogP) is 5.98. The molecule has 2 aromatic rings. The van der Waals surface area contributed by atoms with Gasteiger partial charge in [0.05, 0.1) is 13.2 Å². The lowest BCUT2D eigenvalue weighted by molar-refractivity contribution is 0.273. The number of halogens is 1. The average Bonchev–Trinajstić information content (AvgIpc) is 2.73. The van der Waals surface area contributed by atoms with E-state index < -0.39 is 8.32 Å². The Bertz CT molecular complexity index is 723. The molecular formula is C17H23BrN2OSi. The van der Waals surface area contributed by atoms with Crippen LogP contribution in [-0.2, 0) is 11.0 Å². The van der Waals surface area contributed by atoms with Gasteiger partial charge in [0.2, 0.25) is 0 Å². The smallest absolute Gasteiger partial charge is 0.192 e. The summed E-state index contributed by atoms with van der Waals surface area (Å²) in [6.45, 7) is 20.0. The first kappa shape index (κ1) is 17.3. The van der Waals surface area contributed by atoms with E-state index in [0.717, 1.165) is 28.5 Å². The fraction of sp³-hybridized carbons (Fsp3) is 0.471. The molecule has 22 heavy (non-hydrogen) atoms. The van der Waals surface area contributed by atoms with Crippen LogP contribution in [0.2, 0.25) is 18.1 Å². The van der Waals surface area contributed by atoms with E-state index >= 15 is 0 Å². The van der Waals surface area contributed by atoms with Gasteiger partial charge >= 0.3 is 0 Å². The van der Waals surface area contributed by atoms with Crippen molar-refractivity contribution in [3.05, 3.63) is 40.3 Å². The van der Waals surface area contributed by atoms with Gasteiger partial charge in [0.25, 0.3) is 0 Å². The molecule has 0 saturated carbocycles. The highest BCUT2D eigenvalue weighted by molar-refractivity contribution is 9.10. The Kier molecular flexibility index (Phi) is 4.86. The summed E-state index contributed by atoms with van der Waals surface area (Å²) in [5.74, 6) is 0. The van der Waals surface area contributed by atoms with Crippen molar-refractivity contribution in [1.82, 2.24) is 4.57 Å². The topological polar surface area (TPSA) is 18.5 Å². The van der Waals surface area contributed by atoms with Crippen LogP contribution in [0.15, 0.2) is 28.9 Å². The lowest BCUT2D eigenvalue weighted by atomic mass is 10.2. The third kappa shape index (κ3) is 3.45. The zero-order valence-corrected chi connectivity index (χ0v) is 16.5. The maximum atomic E-state index is 7.12. The molecule has 0 radical (unpaired) electrons. The minimum atomic E-state index is -1.70. The molecule has 0 saturated heterocycles. The molecule has 118 valence electrons. The zero-order chi connectivity index (χ0) is 16.5. The molecular weight excluding hydrogens is 356 g/mol. The quantitative estimate of drug-likeness (QED) is 0.472. The molecule has 0 spiro atoms. The number of fused-ring (bicyclic) bond motifs is 1. The van der Waals surface area contributed by atoms with Crippen LogP contribution in [-0.4, -0.2) is 19.5 Å². The van der Waals surface area contributed by atoms with Crippen LogP contribution in [0.5, 0.6) is 0 Å². The maximum absolute atomic E-state index is 7.12. The second kappa shape index (κ2) is 6.19. The molecule has 3 nitrogen and oxygen atoms in total. The average molecular weight is 379 g/mol. The Morgan fingerprint density at radius 2 is 2.00 bits per heavy atom. The van der Waals surface area contributed by atoms with Crippen molar-refractivity contribution in [2.45, 2.75) is 45.4 Å². The van der Waals surface area contributed by atoms with E-state index in [9.17, 15) is 0 Å². The second-order valence-corrected chi connectivity index (χ2v) is 12.8. The second-order valence-electron chi connectivity index (χ2n) is 7.09. The van der Waals surface area contributed by atoms with Crippen LogP contribution in [0.4, 0.5) is 5.69 Å². The van der Waals surface area contributed by atoms with E-state index in [4.69, 9.17) is 11.0 Å². The Morgan fingerprint density at radius 1 is 1.32 bits per heavy atom. The molecule has 5 heteroatoms. The summed E-state index contributed by atoms with van der Waals surface area (Å²) in [7, 11) is -1.70. The van der Waals surface area contributed by atoms with Crippen LogP contribution in [0, 0.1) is 6.57 Å².